The van der Waals surface area contributed by atoms with Gasteiger partial charge < -0.3 is 19.0 Å². The van der Waals surface area contributed by atoms with E-state index >= 15 is 0 Å². The largest absolute Gasteiger partial charge is 0.496 e. The van der Waals surface area contributed by atoms with Gasteiger partial charge in [0.25, 0.3) is 0 Å². The Hall–Kier alpha value is -3.03. The topological polar surface area (TPSA) is 89.2 Å². The zero-order valence-electron chi connectivity index (χ0n) is 17.3. The van der Waals surface area contributed by atoms with Crippen molar-refractivity contribution in [1.29, 1.82) is 0 Å². The number of benzene rings is 2. The molecule has 0 spiro atoms. The zero-order chi connectivity index (χ0) is 22.3. The first-order valence-corrected chi connectivity index (χ1v) is 10.2. The van der Waals surface area contributed by atoms with Crippen molar-refractivity contribution in [3.63, 3.8) is 0 Å². The van der Waals surface area contributed by atoms with E-state index in [1.807, 2.05) is 0 Å². The fraction of sp³-hybridized carbons (Fsp3) is 0.304. The van der Waals surface area contributed by atoms with E-state index in [2.05, 4.69) is 0 Å². The highest BCUT2D eigenvalue weighted by molar-refractivity contribution is 6.33. The lowest BCUT2D eigenvalue weighted by Crippen LogP contribution is -2.36. The molecule has 8 heteroatoms. The summed E-state index contributed by atoms with van der Waals surface area (Å²) in [5.74, 6) is -0.377. The van der Waals surface area contributed by atoms with Gasteiger partial charge in [0.1, 0.15) is 34.3 Å². The molecule has 2 aromatic carbocycles. The summed E-state index contributed by atoms with van der Waals surface area (Å²) in [6.45, 7) is 0.590. The Labute approximate surface area is 183 Å². The lowest BCUT2D eigenvalue weighted by atomic mass is 9.89. The van der Waals surface area contributed by atoms with Gasteiger partial charge in [0.2, 0.25) is 0 Å². The standard InChI is InChI=1S/C23H22ClNO6/c1-25-9-8-13(21(25)23(27)28)19-17(29-2)11-18(30-3)20-15(26)10-16(31-22(19)20)12-6-4-5-7-14(12)24/h4-7,10-11,13,21H,8-9H2,1-3H3,(H,27,28)/t13-,21+/m1/s1. The first-order chi connectivity index (χ1) is 14.9. The van der Waals surface area contributed by atoms with Crippen LogP contribution in [-0.2, 0) is 4.79 Å². The van der Waals surface area contributed by atoms with Crippen molar-refractivity contribution >= 4 is 28.5 Å². The minimum absolute atomic E-state index is 0.243. The third-order valence-corrected chi connectivity index (χ3v) is 6.15. The molecule has 1 N–H and O–H groups in total. The van der Waals surface area contributed by atoms with Crippen molar-refractivity contribution in [3.8, 4) is 22.8 Å². The van der Waals surface area contributed by atoms with Crippen LogP contribution in [0.4, 0.5) is 0 Å². The van der Waals surface area contributed by atoms with E-state index < -0.39 is 17.9 Å². The van der Waals surface area contributed by atoms with Crippen LogP contribution in [-0.4, -0.2) is 49.8 Å². The van der Waals surface area contributed by atoms with Crippen molar-refractivity contribution < 1.29 is 23.8 Å². The maximum atomic E-state index is 13.2. The Bertz CT molecular complexity index is 1220. The molecular formula is C23H22ClNO6. The Kier molecular flexibility index (Phi) is 5.64. The van der Waals surface area contributed by atoms with Gasteiger partial charge in [0.05, 0.1) is 19.2 Å². The number of hydrogen-bond donors (Lipinski definition) is 1. The Morgan fingerprint density at radius 2 is 1.90 bits per heavy atom. The number of hydrogen-bond acceptors (Lipinski definition) is 6. The van der Waals surface area contributed by atoms with Gasteiger partial charge in [-0.1, -0.05) is 23.7 Å². The molecule has 0 saturated carbocycles. The van der Waals surface area contributed by atoms with E-state index in [4.69, 9.17) is 25.5 Å². The van der Waals surface area contributed by atoms with Gasteiger partial charge in [-0.15, -0.1) is 0 Å². The van der Waals surface area contributed by atoms with Crippen molar-refractivity contribution in [2.75, 3.05) is 27.8 Å². The molecule has 4 rings (SSSR count). The van der Waals surface area contributed by atoms with Crippen molar-refractivity contribution in [3.05, 3.63) is 57.2 Å². The van der Waals surface area contributed by atoms with Gasteiger partial charge in [-0.2, -0.15) is 0 Å². The molecule has 3 aromatic rings. The van der Waals surface area contributed by atoms with Crippen LogP contribution in [0.25, 0.3) is 22.3 Å². The number of aliphatic carboxylic acids is 1. The average molecular weight is 444 g/mol. The normalized spacial score (nSPS) is 19.0. The number of likely N-dealkylation sites (N-methyl/N-ethyl adjacent to an activating group) is 1. The van der Waals surface area contributed by atoms with Crippen LogP contribution >= 0.6 is 11.6 Å². The monoisotopic (exact) mass is 443 g/mol. The zero-order valence-corrected chi connectivity index (χ0v) is 18.1. The molecule has 0 bridgehead atoms. The summed E-state index contributed by atoms with van der Waals surface area (Å²) < 4.78 is 17.3. The first kappa shape index (κ1) is 21.2. The second-order valence-corrected chi connectivity index (χ2v) is 7.92. The predicted molar refractivity (Wildman–Crippen MR) is 117 cm³/mol. The van der Waals surface area contributed by atoms with Crippen molar-refractivity contribution in [1.82, 2.24) is 4.90 Å². The van der Waals surface area contributed by atoms with E-state index in [0.717, 1.165) is 0 Å². The summed E-state index contributed by atoms with van der Waals surface area (Å²) >= 11 is 6.33. The first-order valence-electron chi connectivity index (χ1n) is 9.78. The number of halogens is 1. The van der Waals surface area contributed by atoms with Gasteiger partial charge in [-0.25, -0.2) is 0 Å². The molecule has 0 amide bonds. The van der Waals surface area contributed by atoms with Crippen LogP contribution in [0.1, 0.15) is 17.9 Å². The molecule has 1 aliphatic rings. The lowest BCUT2D eigenvalue weighted by Gasteiger charge is -2.24. The Morgan fingerprint density at radius 3 is 2.55 bits per heavy atom. The van der Waals surface area contributed by atoms with Crippen LogP contribution in [0.15, 0.2) is 45.6 Å². The van der Waals surface area contributed by atoms with Gasteiger partial charge in [-0.05, 0) is 32.1 Å². The number of carboxylic acid groups (broad SMARTS) is 1. The predicted octanol–water partition coefficient (Wildman–Crippen LogP) is 4.00. The summed E-state index contributed by atoms with van der Waals surface area (Å²) in [7, 11) is 4.72. The molecule has 1 saturated heterocycles. The fourth-order valence-electron chi connectivity index (χ4n) is 4.38. The third-order valence-electron chi connectivity index (χ3n) is 5.82. The molecule has 2 heterocycles. The molecular weight excluding hydrogens is 422 g/mol. The van der Waals surface area contributed by atoms with Crippen LogP contribution in [0, 0.1) is 0 Å². The van der Waals surface area contributed by atoms with E-state index in [9.17, 15) is 14.7 Å². The van der Waals surface area contributed by atoms with E-state index in [0.29, 0.717) is 40.6 Å². The lowest BCUT2D eigenvalue weighted by molar-refractivity contribution is -0.142. The Balaban J connectivity index is 2.08. The summed E-state index contributed by atoms with van der Waals surface area (Å²) in [6, 6.07) is 9.26. The summed E-state index contributed by atoms with van der Waals surface area (Å²) in [5, 5.41) is 10.5. The number of nitrogens with zero attached hydrogens (tertiary/aromatic N) is 1. The maximum absolute atomic E-state index is 13.2. The average Bonchev–Trinajstić information content (AvgIpc) is 3.13. The van der Waals surface area contributed by atoms with Crippen LogP contribution < -0.4 is 14.9 Å². The summed E-state index contributed by atoms with van der Waals surface area (Å²) in [4.78, 5) is 27.0. The SMILES string of the molecule is COc1cc(OC)c2c(=O)cc(-c3ccccc3Cl)oc2c1[C@H]1CCN(C)[C@@H]1C(=O)O. The summed E-state index contributed by atoms with van der Waals surface area (Å²) in [6.07, 6.45) is 0.575. The minimum Gasteiger partial charge on any atom is -0.496 e. The molecule has 0 aliphatic carbocycles. The van der Waals surface area contributed by atoms with Crippen LogP contribution in [0.5, 0.6) is 11.5 Å². The molecule has 2 atom stereocenters. The summed E-state index contributed by atoms with van der Waals surface area (Å²) in [5.41, 5.74) is 1.05. The van der Waals surface area contributed by atoms with E-state index in [1.54, 1.807) is 42.3 Å². The third kappa shape index (κ3) is 3.54. The molecule has 0 unspecified atom stereocenters. The molecule has 1 aromatic heterocycles. The van der Waals surface area contributed by atoms with Crippen LogP contribution in [0.2, 0.25) is 5.02 Å². The number of rotatable bonds is 5. The van der Waals surface area contributed by atoms with Crippen molar-refractivity contribution in [2.45, 2.75) is 18.4 Å². The highest BCUT2D eigenvalue weighted by Crippen LogP contribution is 2.45. The van der Waals surface area contributed by atoms with Gasteiger partial charge in [0, 0.05) is 29.2 Å². The van der Waals surface area contributed by atoms with Crippen LogP contribution in [0.3, 0.4) is 0 Å². The molecule has 7 nitrogen and oxygen atoms in total. The fourth-order valence-corrected chi connectivity index (χ4v) is 4.61. The number of carbonyl (C=O) groups is 1. The Morgan fingerprint density at radius 1 is 1.19 bits per heavy atom. The van der Waals surface area contributed by atoms with Gasteiger partial charge in [-0.3, -0.25) is 14.5 Å². The number of likely N-dealkylation sites (tertiary alicyclic amines) is 1. The molecule has 0 radical (unpaired) electrons. The highest BCUT2D eigenvalue weighted by Gasteiger charge is 2.41. The number of ether oxygens (including phenoxy) is 2. The molecule has 1 aliphatic heterocycles. The maximum Gasteiger partial charge on any atom is 0.321 e. The van der Waals surface area contributed by atoms with E-state index in [1.165, 1.54) is 20.3 Å². The number of carboxylic acids is 1. The second kappa shape index (κ2) is 8.24. The second-order valence-electron chi connectivity index (χ2n) is 7.51. The molecule has 31 heavy (non-hydrogen) atoms. The van der Waals surface area contributed by atoms with Gasteiger partial charge in [0.15, 0.2) is 5.43 Å². The van der Waals surface area contributed by atoms with E-state index in [-0.39, 0.29) is 22.2 Å². The molecule has 1 fully saturated rings. The smallest absolute Gasteiger partial charge is 0.321 e. The quantitative estimate of drug-likeness (QED) is 0.637. The number of fused-ring (bicyclic) bond motifs is 1. The molecule has 162 valence electrons. The number of methoxy groups -OCH3 is 2. The minimum atomic E-state index is -0.944. The van der Waals surface area contributed by atoms with Gasteiger partial charge >= 0.3 is 5.97 Å². The highest BCUT2D eigenvalue weighted by atomic mass is 35.5. The van der Waals surface area contributed by atoms with Crippen molar-refractivity contribution in [2.24, 2.45) is 0 Å².